The van der Waals surface area contributed by atoms with Crippen molar-refractivity contribution in [2.45, 2.75) is 0 Å². The average Bonchev–Trinajstić information content (AvgIpc) is 2.18. The lowest BCUT2D eigenvalue weighted by Gasteiger charge is -2.10. The number of carbonyl (C=O) groups excluding carboxylic acids is 1. The van der Waals surface area contributed by atoms with Gasteiger partial charge in [-0.1, -0.05) is 6.58 Å². The third-order valence-corrected chi connectivity index (χ3v) is 1.82. The summed E-state index contributed by atoms with van der Waals surface area (Å²) in [6, 6.07) is 0. The minimum atomic E-state index is 0.663. The summed E-state index contributed by atoms with van der Waals surface area (Å²) in [6.45, 7) is 3.83. The van der Waals surface area contributed by atoms with Crippen LogP contribution in [0.4, 0.5) is 0 Å². The first kappa shape index (κ1) is 9.58. The highest BCUT2D eigenvalue weighted by molar-refractivity contribution is 6.08. The number of hydrogen-bond donors (Lipinski definition) is 0. The summed E-state index contributed by atoms with van der Waals surface area (Å²) >= 11 is 0. The van der Waals surface area contributed by atoms with E-state index in [1.807, 2.05) is 0 Å². The number of hydrogen-bond acceptors (Lipinski definition) is 2. The molecule has 0 atom stereocenters. The largest absolute Gasteiger partial charge is 0.496 e. The number of allylic oxidation sites excluding steroid dienone is 3. The van der Waals surface area contributed by atoms with Crippen LogP contribution >= 0.6 is 0 Å². The number of methoxy groups -OCH3 is 2. The van der Waals surface area contributed by atoms with Crippen LogP contribution < -0.4 is 0 Å². The molecule has 1 aliphatic rings. The van der Waals surface area contributed by atoms with Crippen molar-refractivity contribution in [1.29, 1.82) is 0 Å². The maximum Gasteiger partial charge on any atom is 0.357 e. The molecular weight excluding hydrogens is 168 g/mol. The Morgan fingerprint density at radius 1 is 1.23 bits per heavy atom. The van der Waals surface area contributed by atoms with E-state index in [9.17, 15) is 0 Å². The predicted octanol–water partition coefficient (Wildman–Crippen LogP) is 1.35. The lowest BCUT2D eigenvalue weighted by Crippen LogP contribution is -2.11. The van der Waals surface area contributed by atoms with E-state index < -0.39 is 0 Å². The van der Waals surface area contributed by atoms with Crippen LogP contribution in [0.3, 0.4) is 0 Å². The first-order chi connectivity index (χ1) is 6.22. The molecule has 0 aromatic rings. The summed E-state index contributed by atoms with van der Waals surface area (Å²) < 4.78 is 15.3. The fourth-order valence-electron chi connectivity index (χ4n) is 1.08. The van der Waals surface area contributed by atoms with Crippen LogP contribution in [0.15, 0.2) is 35.8 Å². The standard InChI is InChI=1S/C10H13O3/c1-7-9(12-3)5-8(11-2)6-10(7)13-4/h5-6H,1H2,2-4H3/q+1. The summed E-state index contributed by atoms with van der Waals surface area (Å²) in [5.41, 5.74) is 0.728. The minimum Gasteiger partial charge on any atom is -0.496 e. The highest BCUT2D eigenvalue weighted by atomic mass is 16.5. The molecule has 0 unspecified atom stereocenters. The van der Waals surface area contributed by atoms with Crippen LogP contribution in [0.25, 0.3) is 0 Å². The molecule has 0 saturated carbocycles. The molecule has 0 aromatic carbocycles. The minimum absolute atomic E-state index is 0.663. The van der Waals surface area contributed by atoms with Crippen molar-refractivity contribution in [2.24, 2.45) is 0 Å². The zero-order valence-electron chi connectivity index (χ0n) is 8.09. The molecule has 13 heavy (non-hydrogen) atoms. The van der Waals surface area contributed by atoms with Crippen molar-refractivity contribution in [2.75, 3.05) is 21.3 Å². The Hall–Kier alpha value is -1.51. The van der Waals surface area contributed by atoms with Gasteiger partial charge < -0.3 is 9.47 Å². The van der Waals surface area contributed by atoms with E-state index in [1.165, 1.54) is 0 Å². The molecule has 1 rings (SSSR count). The Balaban J connectivity index is 3.07. The van der Waals surface area contributed by atoms with Gasteiger partial charge in [0, 0.05) is 6.08 Å². The topological polar surface area (TPSA) is 29.8 Å². The van der Waals surface area contributed by atoms with E-state index in [0.717, 1.165) is 5.57 Å². The zero-order valence-corrected chi connectivity index (χ0v) is 8.09. The molecule has 0 radical (unpaired) electrons. The van der Waals surface area contributed by atoms with Crippen LogP contribution in [0.2, 0.25) is 0 Å². The molecule has 0 spiro atoms. The lowest BCUT2D eigenvalue weighted by atomic mass is 10.1. The van der Waals surface area contributed by atoms with Gasteiger partial charge in [-0.15, -0.1) is 0 Å². The molecule has 0 bridgehead atoms. The molecule has 0 N–H and O–H groups in total. The highest BCUT2D eigenvalue weighted by Crippen LogP contribution is 2.19. The normalized spacial score (nSPS) is 19.6. The summed E-state index contributed by atoms with van der Waals surface area (Å²) in [4.78, 5) is 0. The van der Waals surface area contributed by atoms with Crippen LogP contribution in [0.5, 0.6) is 0 Å². The Morgan fingerprint density at radius 3 is 2.38 bits per heavy atom. The van der Waals surface area contributed by atoms with Crippen LogP contribution in [0, 0.1) is 0 Å². The van der Waals surface area contributed by atoms with Crippen LogP contribution in [0.1, 0.15) is 0 Å². The third kappa shape index (κ3) is 1.80. The second kappa shape index (κ2) is 3.94. The Labute approximate surface area is 77.7 Å². The zero-order chi connectivity index (χ0) is 9.84. The summed E-state index contributed by atoms with van der Waals surface area (Å²) in [6.07, 6.45) is 3.54. The summed E-state index contributed by atoms with van der Waals surface area (Å²) in [5, 5.41) is 0. The molecule has 0 saturated heterocycles. The lowest BCUT2D eigenvalue weighted by molar-refractivity contribution is -0.418. The van der Waals surface area contributed by atoms with Crippen LogP contribution in [-0.4, -0.2) is 27.1 Å². The summed E-state index contributed by atoms with van der Waals surface area (Å²) in [5.74, 6) is 2.02. The Bertz CT molecular complexity index is 308. The molecule has 0 fully saturated rings. The Kier molecular flexibility index (Phi) is 2.90. The van der Waals surface area contributed by atoms with Gasteiger partial charge in [-0.05, 0) is 0 Å². The molecular formula is C10H13O3+. The van der Waals surface area contributed by atoms with Gasteiger partial charge in [0.2, 0.25) is 0 Å². The van der Waals surface area contributed by atoms with Crippen molar-refractivity contribution < 1.29 is 13.9 Å². The van der Waals surface area contributed by atoms with Gasteiger partial charge in [-0.3, -0.25) is 4.42 Å². The van der Waals surface area contributed by atoms with Crippen molar-refractivity contribution >= 4 is 5.78 Å². The van der Waals surface area contributed by atoms with E-state index in [4.69, 9.17) is 13.9 Å². The van der Waals surface area contributed by atoms with E-state index in [0.29, 0.717) is 17.3 Å². The SMILES string of the molecule is C=C1C(OC)=CC(OC)=CC1=[O+]C. The maximum atomic E-state index is 5.11. The first-order valence-corrected chi connectivity index (χ1v) is 3.85. The van der Waals surface area contributed by atoms with E-state index in [-0.39, 0.29) is 0 Å². The molecule has 0 amide bonds. The van der Waals surface area contributed by atoms with Crippen LogP contribution in [-0.2, 0) is 13.9 Å². The molecule has 0 aliphatic heterocycles. The molecule has 3 heteroatoms. The van der Waals surface area contributed by atoms with Crippen molar-refractivity contribution in [3.8, 4) is 0 Å². The highest BCUT2D eigenvalue weighted by Gasteiger charge is 2.23. The molecule has 70 valence electrons. The Morgan fingerprint density at radius 2 is 1.92 bits per heavy atom. The van der Waals surface area contributed by atoms with Crippen molar-refractivity contribution in [1.82, 2.24) is 0 Å². The number of rotatable bonds is 2. The molecule has 0 heterocycles. The van der Waals surface area contributed by atoms with Crippen molar-refractivity contribution in [3.05, 3.63) is 35.8 Å². The molecule has 3 nitrogen and oxygen atoms in total. The van der Waals surface area contributed by atoms with Gasteiger partial charge in [0.15, 0.2) is 0 Å². The number of ether oxygens (including phenoxy) is 2. The second-order valence-corrected chi connectivity index (χ2v) is 2.51. The monoisotopic (exact) mass is 181 g/mol. The van der Waals surface area contributed by atoms with Gasteiger partial charge in [-0.25, -0.2) is 0 Å². The maximum absolute atomic E-state index is 5.11. The smallest absolute Gasteiger partial charge is 0.357 e. The first-order valence-electron chi connectivity index (χ1n) is 3.85. The average molecular weight is 181 g/mol. The van der Waals surface area contributed by atoms with E-state index in [1.54, 1.807) is 33.5 Å². The van der Waals surface area contributed by atoms with E-state index >= 15 is 0 Å². The fourth-order valence-corrected chi connectivity index (χ4v) is 1.08. The van der Waals surface area contributed by atoms with Gasteiger partial charge in [0.25, 0.3) is 7.11 Å². The third-order valence-electron chi connectivity index (χ3n) is 1.82. The van der Waals surface area contributed by atoms with Crippen molar-refractivity contribution in [3.63, 3.8) is 0 Å². The number of ketones is 1. The quantitative estimate of drug-likeness (QED) is 0.475. The second-order valence-electron chi connectivity index (χ2n) is 2.51. The molecule has 0 aromatic heterocycles. The fraction of sp³-hybridized carbons (Fsp3) is 0.300. The van der Waals surface area contributed by atoms with Gasteiger partial charge in [0.1, 0.15) is 17.1 Å². The summed E-state index contributed by atoms with van der Waals surface area (Å²) in [7, 11) is 4.77. The van der Waals surface area contributed by atoms with Gasteiger partial charge in [0.05, 0.1) is 20.3 Å². The predicted molar refractivity (Wildman–Crippen MR) is 50.3 cm³/mol. The van der Waals surface area contributed by atoms with Gasteiger partial charge >= 0.3 is 5.78 Å². The van der Waals surface area contributed by atoms with E-state index in [2.05, 4.69) is 6.58 Å². The van der Waals surface area contributed by atoms with Gasteiger partial charge in [-0.2, -0.15) is 0 Å². The molecule has 1 aliphatic carbocycles.